The Morgan fingerprint density at radius 3 is 2.27 bits per heavy atom. The minimum absolute atomic E-state index is 0.386. The molecule has 0 bridgehead atoms. The van der Waals surface area contributed by atoms with Gasteiger partial charge in [0.05, 0.1) is 12.3 Å². The maximum atomic E-state index is 10.3. The van der Waals surface area contributed by atoms with E-state index in [1.54, 1.807) is 0 Å². The monoisotopic (exact) mass is 159 g/mol. The molecule has 1 atom stereocenters. The number of carboxylic acid groups (broad SMARTS) is 1. The zero-order valence-corrected chi connectivity index (χ0v) is 6.37. The van der Waals surface area contributed by atoms with E-state index in [0.29, 0.717) is 12.8 Å². The van der Waals surface area contributed by atoms with Gasteiger partial charge in [-0.3, -0.25) is 4.79 Å². The third-order valence-electron chi connectivity index (χ3n) is 1.40. The molecule has 0 fully saturated rings. The molecule has 0 heterocycles. The van der Waals surface area contributed by atoms with E-state index in [1.165, 1.54) is 0 Å². The normalized spacial score (nSPS) is 12.5. The Morgan fingerprint density at radius 2 is 2.00 bits per heavy atom. The number of carbonyl (C=O) groups excluding carboxylic acids is 1. The minimum atomic E-state index is -1.30. The molecule has 0 aliphatic carbocycles. The first-order valence-electron chi connectivity index (χ1n) is 3.50. The molecule has 0 amide bonds. The van der Waals surface area contributed by atoms with E-state index >= 15 is 0 Å². The SMILES string of the molecule is CCCC(CC([O])=O)C(=O)O. The molecular weight excluding hydrogens is 148 g/mol. The number of hydrogen-bond acceptors (Lipinski definition) is 2. The van der Waals surface area contributed by atoms with Gasteiger partial charge in [0.2, 0.25) is 0 Å². The average molecular weight is 159 g/mol. The first kappa shape index (κ1) is 9.94. The first-order chi connectivity index (χ1) is 5.07. The summed E-state index contributed by atoms with van der Waals surface area (Å²) < 4.78 is 0. The zero-order chi connectivity index (χ0) is 8.85. The van der Waals surface area contributed by atoms with Gasteiger partial charge in [0.1, 0.15) is 0 Å². The van der Waals surface area contributed by atoms with Crippen LogP contribution in [0.1, 0.15) is 26.2 Å². The molecule has 4 heteroatoms. The van der Waals surface area contributed by atoms with E-state index in [1.807, 2.05) is 6.92 Å². The maximum absolute atomic E-state index is 10.3. The van der Waals surface area contributed by atoms with Gasteiger partial charge in [-0.2, -0.15) is 0 Å². The van der Waals surface area contributed by atoms with Gasteiger partial charge in [0, 0.05) is 0 Å². The van der Waals surface area contributed by atoms with Crippen LogP contribution in [0.4, 0.5) is 0 Å². The lowest BCUT2D eigenvalue weighted by Crippen LogP contribution is -2.16. The Kier molecular flexibility index (Phi) is 4.26. The van der Waals surface area contributed by atoms with Crippen molar-refractivity contribution in [3.8, 4) is 0 Å². The third-order valence-corrected chi connectivity index (χ3v) is 1.40. The Bertz CT molecular complexity index is 153. The van der Waals surface area contributed by atoms with Gasteiger partial charge in [-0.15, -0.1) is 0 Å². The van der Waals surface area contributed by atoms with Crippen LogP contribution < -0.4 is 0 Å². The molecule has 1 N–H and O–H groups in total. The molecule has 0 aromatic rings. The molecule has 0 aromatic carbocycles. The molecule has 0 aromatic heterocycles. The summed E-state index contributed by atoms with van der Waals surface area (Å²) in [7, 11) is 0. The molecule has 1 radical (unpaired) electrons. The van der Waals surface area contributed by atoms with Crippen LogP contribution >= 0.6 is 0 Å². The van der Waals surface area contributed by atoms with Crippen molar-refractivity contribution >= 4 is 11.9 Å². The van der Waals surface area contributed by atoms with Crippen LogP contribution in [0, 0.1) is 5.92 Å². The van der Waals surface area contributed by atoms with Crippen molar-refractivity contribution in [3.63, 3.8) is 0 Å². The Balaban J connectivity index is 3.89. The average Bonchev–Trinajstić information content (AvgIpc) is 1.86. The summed E-state index contributed by atoms with van der Waals surface area (Å²) in [6, 6.07) is 0. The van der Waals surface area contributed by atoms with E-state index in [2.05, 4.69) is 0 Å². The predicted octanol–water partition coefficient (Wildman–Crippen LogP) is 0.835. The Labute approximate surface area is 64.8 Å². The van der Waals surface area contributed by atoms with E-state index in [0.717, 1.165) is 0 Å². The molecule has 11 heavy (non-hydrogen) atoms. The van der Waals surface area contributed by atoms with Crippen molar-refractivity contribution in [2.24, 2.45) is 5.92 Å². The molecule has 0 aliphatic rings. The zero-order valence-electron chi connectivity index (χ0n) is 6.37. The molecule has 0 aliphatic heterocycles. The van der Waals surface area contributed by atoms with Gasteiger partial charge in [-0.05, 0) is 6.42 Å². The second kappa shape index (κ2) is 4.71. The highest BCUT2D eigenvalue weighted by Crippen LogP contribution is 2.10. The Morgan fingerprint density at radius 1 is 1.45 bits per heavy atom. The summed E-state index contributed by atoms with van der Waals surface area (Å²) in [5, 5.41) is 18.5. The smallest absolute Gasteiger partial charge is 0.356 e. The van der Waals surface area contributed by atoms with E-state index in [4.69, 9.17) is 5.11 Å². The second-order valence-corrected chi connectivity index (χ2v) is 2.40. The third kappa shape index (κ3) is 4.36. The number of hydrogen-bond donors (Lipinski definition) is 1. The largest absolute Gasteiger partial charge is 0.481 e. The summed E-state index contributed by atoms with van der Waals surface area (Å²) in [6.07, 6.45) is 0.677. The summed E-state index contributed by atoms with van der Waals surface area (Å²) in [4.78, 5) is 20.3. The number of carbonyl (C=O) groups is 2. The maximum Gasteiger partial charge on any atom is 0.356 e. The molecule has 0 saturated carbocycles. The van der Waals surface area contributed by atoms with Gasteiger partial charge in [0.15, 0.2) is 0 Å². The summed E-state index contributed by atoms with van der Waals surface area (Å²) in [5.74, 6) is -3.15. The van der Waals surface area contributed by atoms with Gasteiger partial charge in [-0.25, -0.2) is 9.90 Å². The van der Waals surface area contributed by atoms with Crippen LogP contribution in [-0.2, 0) is 14.7 Å². The standard InChI is InChI=1S/C7H11O4/c1-2-3-5(7(10)11)4-6(8)9/h5H,2-4H2,1H3,(H,10,11). The fourth-order valence-corrected chi connectivity index (χ4v) is 0.862. The summed E-state index contributed by atoms with van der Waals surface area (Å²) in [5.41, 5.74) is 0. The topological polar surface area (TPSA) is 74.3 Å². The van der Waals surface area contributed by atoms with Crippen molar-refractivity contribution in [1.82, 2.24) is 0 Å². The van der Waals surface area contributed by atoms with Crippen molar-refractivity contribution in [1.29, 1.82) is 0 Å². The van der Waals surface area contributed by atoms with Crippen LogP contribution in [0.5, 0.6) is 0 Å². The van der Waals surface area contributed by atoms with E-state index in [-0.39, 0.29) is 6.42 Å². The molecule has 0 spiro atoms. The van der Waals surface area contributed by atoms with Crippen molar-refractivity contribution in [2.45, 2.75) is 26.2 Å². The van der Waals surface area contributed by atoms with Crippen LogP contribution in [0.25, 0.3) is 0 Å². The van der Waals surface area contributed by atoms with Crippen LogP contribution in [-0.4, -0.2) is 17.0 Å². The highest BCUT2D eigenvalue weighted by Gasteiger charge is 2.20. The number of carboxylic acids is 1. The van der Waals surface area contributed by atoms with Gasteiger partial charge in [0.25, 0.3) is 0 Å². The van der Waals surface area contributed by atoms with Crippen LogP contribution in [0.3, 0.4) is 0 Å². The van der Waals surface area contributed by atoms with Crippen LogP contribution in [0.15, 0.2) is 0 Å². The summed E-state index contributed by atoms with van der Waals surface area (Å²) in [6.45, 7) is 1.81. The molecule has 63 valence electrons. The lowest BCUT2D eigenvalue weighted by atomic mass is 10.0. The van der Waals surface area contributed by atoms with Crippen molar-refractivity contribution < 1.29 is 19.8 Å². The van der Waals surface area contributed by atoms with Gasteiger partial charge >= 0.3 is 11.9 Å². The molecule has 1 unspecified atom stereocenters. The van der Waals surface area contributed by atoms with Crippen molar-refractivity contribution in [3.05, 3.63) is 0 Å². The number of aliphatic carboxylic acids is 1. The van der Waals surface area contributed by atoms with Crippen LogP contribution in [0.2, 0.25) is 0 Å². The lowest BCUT2D eigenvalue weighted by Gasteiger charge is -2.05. The van der Waals surface area contributed by atoms with E-state index < -0.39 is 17.9 Å². The summed E-state index contributed by atoms with van der Waals surface area (Å²) >= 11 is 0. The minimum Gasteiger partial charge on any atom is -0.481 e. The fraction of sp³-hybridized carbons (Fsp3) is 0.714. The van der Waals surface area contributed by atoms with E-state index in [9.17, 15) is 14.7 Å². The number of rotatable bonds is 5. The molecule has 0 rings (SSSR count). The highest BCUT2D eigenvalue weighted by molar-refractivity contribution is 5.77. The first-order valence-corrected chi connectivity index (χ1v) is 3.50. The molecule has 0 saturated heterocycles. The fourth-order valence-electron chi connectivity index (χ4n) is 0.862. The molecular formula is C7H11O4. The predicted molar refractivity (Wildman–Crippen MR) is 36.3 cm³/mol. The lowest BCUT2D eigenvalue weighted by molar-refractivity contribution is -0.151. The van der Waals surface area contributed by atoms with Gasteiger partial charge < -0.3 is 5.11 Å². The second-order valence-electron chi connectivity index (χ2n) is 2.40. The quantitative estimate of drug-likeness (QED) is 0.645. The van der Waals surface area contributed by atoms with Crippen molar-refractivity contribution in [2.75, 3.05) is 0 Å². The Hall–Kier alpha value is -1.06. The molecule has 4 nitrogen and oxygen atoms in total. The highest BCUT2D eigenvalue weighted by atomic mass is 16.4. The van der Waals surface area contributed by atoms with Gasteiger partial charge in [-0.1, -0.05) is 13.3 Å².